The van der Waals surface area contributed by atoms with Crippen molar-refractivity contribution in [2.45, 2.75) is 33.3 Å². The average molecular weight is 357 g/mol. The molecule has 0 aromatic heterocycles. The highest BCUT2D eigenvalue weighted by atomic mass is 79.9. The zero-order chi connectivity index (χ0) is 15.4. The van der Waals surface area contributed by atoms with Gasteiger partial charge in [-0.05, 0) is 54.2 Å². The fraction of sp³-hybridized carbons (Fsp3) is 0.562. The fourth-order valence-electron chi connectivity index (χ4n) is 2.44. The summed E-state index contributed by atoms with van der Waals surface area (Å²) in [6.45, 7) is 7.57. The lowest BCUT2D eigenvalue weighted by Gasteiger charge is -2.17. The maximum Gasteiger partial charge on any atom is 0.193 e. The van der Waals surface area contributed by atoms with E-state index in [0.717, 1.165) is 6.42 Å². The highest BCUT2D eigenvalue weighted by Crippen LogP contribution is 2.36. The molecule has 1 aliphatic rings. The van der Waals surface area contributed by atoms with Gasteiger partial charge in [0.2, 0.25) is 0 Å². The second kappa shape index (κ2) is 7.27. The molecule has 21 heavy (non-hydrogen) atoms. The number of benzene rings is 1. The number of Topliss-reactive ketones (excluding diaryl/α,β-unsaturated/α-hetero) is 1. The predicted molar refractivity (Wildman–Crippen MR) is 84.3 cm³/mol. The molecule has 5 heteroatoms. The van der Waals surface area contributed by atoms with Crippen LogP contribution in [0.2, 0.25) is 0 Å². The van der Waals surface area contributed by atoms with Crippen molar-refractivity contribution in [1.82, 2.24) is 0 Å². The van der Waals surface area contributed by atoms with E-state index in [-0.39, 0.29) is 17.8 Å². The first kappa shape index (κ1) is 16.3. The zero-order valence-corrected chi connectivity index (χ0v) is 14.2. The molecule has 2 rings (SSSR count). The van der Waals surface area contributed by atoms with Gasteiger partial charge in [-0.3, -0.25) is 4.79 Å². The molecule has 0 radical (unpaired) electrons. The minimum atomic E-state index is -0.367. The Kier molecular flexibility index (Phi) is 5.65. The fourth-order valence-corrected chi connectivity index (χ4v) is 2.96. The highest BCUT2D eigenvalue weighted by molar-refractivity contribution is 9.10. The van der Waals surface area contributed by atoms with Gasteiger partial charge in [-0.15, -0.1) is 0 Å². The van der Waals surface area contributed by atoms with E-state index in [1.165, 1.54) is 0 Å². The molecular weight excluding hydrogens is 336 g/mol. The molecule has 1 aliphatic heterocycles. The van der Waals surface area contributed by atoms with Crippen LogP contribution in [0, 0.1) is 5.92 Å². The highest BCUT2D eigenvalue weighted by Gasteiger charge is 2.33. The molecular formula is C16H21BrO4. The van der Waals surface area contributed by atoms with Gasteiger partial charge >= 0.3 is 0 Å². The summed E-state index contributed by atoms with van der Waals surface area (Å²) in [5.74, 6) is 1.47. The monoisotopic (exact) mass is 356 g/mol. The molecule has 0 amide bonds. The van der Waals surface area contributed by atoms with E-state index in [0.29, 0.717) is 41.4 Å². The maximum absolute atomic E-state index is 12.7. The third-order valence-electron chi connectivity index (χ3n) is 3.54. The van der Waals surface area contributed by atoms with Crippen molar-refractivity contribution in [3.8, 4) is 11.5 Å². The topological polar surface area (TPSA) is 44.8 Å². The molecule has 0 bridgehead atoms. The Morgan fingerprint density at radius 1 is 1.29 bits per heavy atom. The van der Waals surface area contributed by atoms with Gasteiger partial charge in [-0.25, -0.2) is 0 Å². The van der Waals surface area contributed by atoms with Gasteiger partial charge in [0.05, 0.1) is 13.2 Å². The summed E-state index contributed by atoms with van der Waals surface area (Å²) in [5.41, 5.74) is 0.584. The second-order valence-electron chi connectivity index (χ2n) is 5.07. The van der Waals surface area contributed by atoms with Gasteiger partial charge in [0, 0.05) is 16.6 Å². The van der Waals surface area contributed by atoms with Crippen molar-refractivity contribution in [1.29, 1.82) is 0 Å². The standard InChI is InChI=1S/C16H21BrO4/c1-4-19-13-8-11(12(17)9-14(13)20-5-2)15(18)16-10(3)6-7-21-16/h8-10,16H,4-7H2,1-3H3. The first-order valence-corrected chi connectivity index (χ1v) is 8.12. The van der Waals surface area contributed by atoms with Crippen molar-refractivity contribution >= 4 is 21.7 Å². The van der Waals surface area contributed by atoms with Crippen LogP contribution in [-0.2, 0) is 4.74 Å². The van der Waals surface area contributed by atoms with E-state index in [4.69, 9.17) is 14.2 Å². The predicted octanol–water partition coefficient (Wildman–Crippen LogP) is 3.85. The van der Waals surface area contributed by atoms with Crippen molar-refractivity contribution in [2.24, 2.45) is 5.92 Å². The summed E-state index contributed by atoms with van der Waals surface area (Å²) >= 11 is 3.46. The van der Waals surface area contributed by atoms with Crippen LogP contribution >= 0.6 is 15.9 Å². The molecule has 0 saturated carbocycles. The summed E-state index contributed by atoms with van der Waals surface area (Å²) < 4.78 is 17.4. The summed E-state index contributed by atoms with van der Waals surface area (Å²) in [6.07, 6.45) is 0.553. The normalized spacial score (nSPS) is 21.3. The average Bonchev–Trinajstić information content (AvgIpc) is 2.87. The lowest BCUT2D eigenvalue weighted by molar-refractivity contribution is 0.0578. The third kappa shape index (κ3) is 3.58. The molecule has 4 nitrogen and oxygen atoms in total. The molecule has 1 saturated heterocycles. The SMILES string of the molecule is CCOc1cc(Br)c(C(=O)C2OCCC2C)cc1OCC. The first-order valence-electron chi connectivity index (χ1n) is 7.33. The van der Waals surface area contributed by atoms with E-state index in [2.05, 4.69) is 15.9 Å². The minimum absolute atomic E-state index is 0.00382. The molecule has 2 unspecified atom stereocenters. The number of halogens is 1. The van der Waals surface area contributed by atoms with Crippen LogP contribution < -0.4 is 9.47 Å². The van der Waals surface area contributed by atoms with Crippen LogP contribution in [0.3, 0.4) is 0 Å². The summed E-state index contributed by atoms with van der Waals surface area (Å²) in [4.78, 5) is 12.7. The minimum Gasteiger partial charge on any atom is -0.490 e. The molecule has 0 spiro atoms. The Bertz CT molecular complexity index is 515. The van der Waals surface area contributed by atoms with Crippen LogP contribution in [0.1, 0.15) is 37.6 Å². The van der Waals surface area contributed by atoms with Gasteiger partial charge in [0.25, 0.3) is 0 Å². The smallest absolute Gasteiger partial charge is 0.193 e. The zero-order valence-electron chi connectivity index (χ0n) is 12.6. The van der Waals surface area contributed by atoms with Crippen molar-refractivity contribution in [2.75, 3.05) is 19.8 Å². The van der Waals surface area contributed by atoms with E-state index in [1.807, 2.05) is 20.8 Å². The number of carbonyl (C=O) groups is 1. The van der Waals surface area contributed by atoms with E-state index in [9.17, 15) is 4.79 Å². The quantitative estimate of drug-likeness (QED) is 0.726. The van der Waals surface area contributed by atoms with Gasteiger partial charge in [0.1, 0.15) is 6.10 Å². The number of ether oxygens (including phenoxy) is 3. The lowest BCUT2D eigenvalue weighted by atomic mass is 9.96. The van der Waals surface area contributed by atoms with Crippen molar-refractivity contribution in [3.63, 3.8) is 0 Å². The van der Waals surface area contributed by atoms with Crippen molar-refractivity contribution in [3.05, 3.63) is 22.2 Å². The summed E-state index contributed by atoms with van der Waals surface area (Å²) in [5, 5.41) is 0. The lowest BCUT2D eigenvalue weighted by Crippen LogP contribution is -2.25. The Morgan fingerprint density at radius 3 is 2.43 bits per heavy atom. The molecule has 1 heterocycles. The van der Waals surface area contributed by atoms with Crippen LogP contribution in [0.5, 0.6) is 11.5 Å². The summed E-state index contributed by atoms with van der Waals surface area (Å²) in [6, 6.07) is 3.54. The van der Waals surface area contributed by atoms with E-state index < -0.39 is 0 Å². The Labute approximate surface area is 133 Å². The number of rotatable bonds is 6. The van der Waals surface area contributed by atoms with Crippen LogP contribution in [0.4, 0.5) is 0 Å². The number of hydrogen-bond acceptors (Lipinski definition) is 4. The Morgan fingerprint density at radius 2 is 1.90 bits per heavy atom. The van der Waals surface area contributed by atoms with Gasteiger partial charge < -0.3 is 14.2 Å². The number of carbonyl (C=O) groups excluding carboxylic acids is 1. The molecule has 1 fully saturated rings. The van der Waals surface area contributed by atoms with Gasteiger partial charge in [-0.2, -0.15) is 0 Å². The first-order chi connectivity index (χ1) is 10.1. The van der Waals surface area contributed by atoms with Crippen LogP contribution in [0.25, 0.3) is 0 Å². The molecule has 116 valence electrons. The molecule has 0 aliphatic carbocycles. The van der Waals surface area contributed by atoms with Crippen molar-refractivity contribution < 1.29 is 19.0 Å². The molecule has 0 N–H and O–H groups in total. The molecule has 2 atom stereocenters. The number of hydrogen-bond donors (Lipinski definition) is 0. The third-order valence-corrected chi connectivity index (χ3v) is 4.20. The molecule has 1 aromatic carbocycles. The van der Waals surface area contributed by atoms with Crippen LogP contribution in [-0.4, -0.2) is 31.7 Å². The summed E-state index contributed by atoms with van der Waals surface area (Å²) in [7, 11) is 0. The molecule has 1 aromatic rings. The maximum atomic E-state index is 12.7. The van der Waals surface area contributed by atoms with Crippen LogP contribution in [0.15, 0.2) is 16.6 Å². The van der Waals surface area contributed by atoms with Gasteiger partial charge in [0.15, 0.2) is 17.3 Å². The second-order valence-corrected chi connectivity index (χ2v) is 5.92. The Hall–Kier alpha value is -1.07. The van der Waals surface area contributed by atoms with E-state index in [1.54, 1.807) is 12.1 Å². The Balaban J connectivity index is 2.34. The largest absolute Gasteiger partial charge is 0.490 e. The number of ketones is 1. The van der Waals surface area contributed by atoms with Gasteiger partial charge in [-0.1, -0.05) is 6.92 Å². The van der Waals surface area contributed by atoms with E-state index >= 15 is 0 Å².